The highest BCUT2D eigenvalue weighted by molar-refractivity contribution is 6.36. The second kappa shape index (κ2) is 9.66. The number of pyridine rings is 1. The zero-order chi connectivity index (χ0) is 21.9. The zero-order valence-corrected chi connectivity index (χ0v) is 19.6. The monoisotopic (exact) mass is 463 g/mol. The lowest BCUT2D eigenvalue weighted by Crippen LogP contribution is -2.31. The normalized spacial score (nSPS) is 14.8. The molecule has 1 saturated heterocycles. The lowest BCUT2D eigenvalue weighted by atomic mass is 10.0. The average molecular weight is 464 g/mol. The van der Waals surface area contributed by atoms with Gasteiger partial charge in [0.15, 0.2) is 0 Å². The number of aryl methyl sites for hydroxylation is 1. The van der Waals surface area contributed by atoms with Gasteiger partial charge in [0.2, 0.25) is 0 Å². The summed E-state index contributed by atoms with van der Waals surface area (Å²) in [7, 11) is 0. The quantitative estimate of drug-likeness (QED) is 0.294. The molecular weight excluding hydrogens is 437 g/mol. The minimum absolute atomic E-state index is 0.734. The first-order valence-corrected chi connectivity index (χ1v) is 12.2. The molecule has 0 radical (unpaired) electrons. The van der Waals surface area contributed by atoms with E-state index in [9.17, 15) is 0 Å². The van der Waals surface area contributed by atoms with Gasteiger partial charge in [-0.2, -0.15) is 0 Å². The topological polar surface area (TPSA) is 21.1 Å². The summed E-state index contributed by atoms with van der Waals surface area (Å²) in [4.78, 5) is 7.14. The Morgan fingerprint density at radius 1 is 0.812 bits per heavy atom. The van der Waals surface area contributed by atoms with Gasteiger partial charge < -0.3 is 9.47 Å². The number of aromatic nitrogens is 2. The van der Waals surface area contributed by atoms with E-state index in [1.54, 1.807) is 0 Å². The van der Waals surface area contributed by atoms with E-state index < -0.39 is 0 Å². The molecule has 2 aromatic heterocycles. The first-order chi connectivity index (χ1) is 15.7. The third-order valence-corrected chi connectivity index (χ3v) is 6.97. The average Bonchev–Trinajstić information content (AvgIpc) is 3.20. The van der Waals surface area contributed by atoms with Crippen molar-refractivity contribution < 1.29 is 0 Å². The van der Waals surface area contributed by atoms with Crippen molar-refractivity contribution in [3.8, 4) is 22.3 Å². The van der Waals surface area contributed by atoms with Crippen LogP contribution in [0.25, 0.3) is 33.2 Å². The molecule has 164 valence electrons. The van der Waals surface area contributed by atoms with Crippen molar-refractivity contribution in [3.63, 3.8) is 0 Å². The van der Waals surface area contributed by atoms with Gasteiger partial charge in [0.05, 0.1) is 10.5 Å². The van der Waals surface area contributed by atoms with E-state index in [2.05, 4.69) is 32.8 Å². The Bertz CT molecular complexity index is 1210. The Balaban J connectivity index is 1.46. The van der Waals surface area contributed by atoms with Gasteiger partial charge >= 0.3 is 0 Å². The fourth-order valence-electron chi connectivity index (χ4n) is 4.75. The van der Waals surface area contributed by atoms with Crippen molar-refractivity contribution in [2.24, 2.45) is 0 Å². The fourth-order valence-corrected chi connectivity index (χ4v) is 5.14. The highest BCUT2D eigenvalue weighted by atomic mass is 35.5. The van der Waals surface area contributed by atoms with Crippen LogP contribution < -0.4 is 0 Å². The molecule has 0 unspecified atom stereocenters. The Morgan fingerprint density at radius 3 is 2.41 bits per heavy atom. The summed E-state index contributed by atoms with van der Waals surface area (Å²) in [6, 6.07) is 16.2. The summed E-state index contributed by atoms with van der Waals surface area (Å²) in [5.41, 5.74) is 5.55. The smallest absolute Gasteiger partial charge is 0.0506 e. The van der Waals surface area contributed by atoms with Crippen molar-refractivity contribution in [2.75, 3.05) is 19.6 Å². The van der Waals surface area contributed by atoms with Crippen LogP contribution >= 0.6 is 23.2 Å². The van der Waals surface area contributed by atoms with Crippen LogP contribution in [0.3, 0.4) is 0 Å². The highest BCUT2D eigenvalue weighted by Crippen LogP contribution is 2.36. The first kappa shape index (κ1) is 21.5. The van der Waals surface area contributed by atoms with Crippen LogP contribution in [-0.4, -0.2) is 34.1 Å². The maximum atomic E-state index is 6.70. The number of hydrogen-bond acceptors (Lipinski definition) is 2. The summed E-state index contributed by atoms with van der Waals surface area (Å²) >= 11 is 12.8. The number of piperidine rings is 1. The van der Waals surface area contributed by atoms with Gasteiger partial charge in [-0.3, -0.25) is 4.98 Å². The predicted molar refractivity (Wildman–Crippen MR) is 136 cm³/mol. The van der Waals surface area contributed by atoms with Crippen molar-refractivity contribution in [2.45, 2.75) is 32.2 Å². The number of benzene rings is 2. The molecular formula is C27H27Cl2N3. The van der Waals surface area contributed by atoms with E-state index in [0.29, 0.717) is 0 Å². The van der Waals surface area contributed by atoms with Crippen LogP contribution in [0.2, 0.25) is 10.0 Å². The van der Waals surface area contributed by atoms with E-state index in [4.69, 9.17) is 23.2 Å². The summed E-state index contributed by atoms with van der Waals surface area (Å²) in [6.45, 7) is 4.63. The molecule has 1 aliphatic heterocycles. The standard InChI is InChI=1S/C27H27Cl2N3/c28-23-10-8-20(9-11-23)21-16-22(18-30-17-21)24-19-32(26-7-4-6-25(29)27(24)26)15-5-14-31-12-2-1-3-13-31/h4,6-11,16-19H,1-3,5,12-15H2. The Hall–Kier alpha value is -2.33. The van der Waals surface area contributed by atoms with E-state index in [-0.39, 0.29) is 0 Å². The molecule has 0 spiro atoms. The highest BCUT2D eigenvalue weighted by Gasteiger charge is 2.15. The number of fused-ring (bicyclic) bond motifs is 1. The molecule has 2 aromatic carbocycles. The zero-order valence-electron chi connectivity index (χ0n) is 18.1. The van der Waals surface area contributed by atoms with E-state index in [0.717, 1.165) is 57.2 Å². The number of halogens is 2. The molecule has 0 aliphatic carbocycles. The predicted octanol–water partition coefficient (Wildman–Crippen LogP) is 7.55. The van der Waals surface area contributed by atoms with Gasteiger partial charge in [0.1, 0.15) is 0 Å². The van der Waals surface area contributed by atoms with E-state index in [1.165, 1.54) is 37.9 Å². The van der Waals surface area contributed by atoms with Gasteiger partial charge in [-0.05, 0) is 74.8 Å². The molecule has 0 saturated carbocycles. The molecule has 3 nitrogen and oxygen atoms in total. The third-order valence-electron chi connectivity index (χ3n) is 6.40. The summed E-state index contributed by atoms with van der Waals surface area (Å²) in [6.07, 6.45) is 11.3. The molecule has 4 aromatic rings. The van der Waals surface area contributed by atoms with Crippen LogP contribution in [0.5, 0.6) is 0 Å². The minimum Gasteiger partial charge on any atom is -0.347 e. The Kier molecular flexibility index (Phi) is 6.49. The van der Waals surface area contributed by atoms with Gasteiger partial charge in [0, 0.05) is 52.2 Å². The molecule has 32 heavy (non-hydrogen) atoms. The van der Waals surface area contributed by atoms with Crippen LogP contribution in [0, 0.1) is 0 Å². The second-order valence-electron chi connectivity index (χ2n) is 8.60. The number of nitrogens with zero attached hydrogens (tertiary/aromatic N) is 3. The van der Waals surface area contributed by atoms with Crippen LogP contribution in [0.4, 0.5) is 0 Å². The maximum Gasteiger partial charge on any atom is 0.0506 e. The third kappa shape index (κ3) is 4.56. The maximum absolute atomic E-state index is 6.70. The van der Waals surface area contributed by atoms with Crippen LogP contribution in [0.15, 0.2) is 67.1 Å². The molecule has 5 rings (SSSR count). The molecule has 0 atom stereocenters. The number of hydrogen-bond donors (Lipinski definition) is 0. The van der Waals surface area contributed by atoms with Crippen molar-refractivity contribution in [1.29, 1.82) is 0 Å². The van der Waals surface area contributed by atoms with Crippen molar-refractivity contribution in [3.05, 3.63) is 77.2 Å². The molecule has 1 fully saturated rings. The first-order valence-electron chi connectivity index (χ1n) is 11.4. The molecule has 1 aliphatic rings. The fraction of sp³-hybridized carbons (Fsp3) is 0.296. The summed E-state index contributed by atoms with van der Waals surface area (Å²) in [5.74, 6) is 0. The molecule has 3 heterocycles. The molecule has 0 amide bonds. The van der Waals surface area contributed by atoms with Crippen LogP contribution in [0.1, 0.15) is 25.7 Å². The number of likely N-dealkylation sites (tertiary alicyclic amines) is 1. The van der Waals surface area contributed by atoms with E-state index in [1.807, 2.05) is 48.8 Å². The van der Waals surface area contributed by atoms with E-state index >= 15 is 0 Å². The lowest BCUT2D eigenvalue weighted by molar-refractivity contribution is 0.223. The minimum atomic E-state index is 0.734. The summed E-state index contributed by atoms with van der Waals surface area (Å²) < 4.78 is 2.36. The van der Waals surface area contributed by atoms with Gasteiger partial charge in [0.25, 0.3) is 0 Å². The van der Waals surface area contributed by atoms with Gasteiger partial charge in [-0.25, -0.2) is 0 Å². The van der Waals surface area contributed by atoms with Crippen molar-refractivity contribution in [1.82, 2.24) is 14.5 Å². The van der Waals surface area contributed by atoms with Gasteiger partial charge in [-0.1, -0.05) is 47.8 Å². The lowest BCUT2D eigenvalue weighted by Gasteiger charge is -2.26. The second-order valence-corrected chi connectivity index (χ2v) is 9.44. The largest absolute Gasteiger partial charge is 0.347 e. The number of rotatable bonds is 6. The Morgan fingerprint density at radius 2 is 1.59 bits per heavy atom. The summed E-state index contributed by atoms with van der Waals surface area (Å²) in [5, 5.41) is 2.61. The SMILES string of the molecule is Clc1ccc(-c2cncc(-c3cn(CCCN4CCCCC4)c4cccc(Cl)c34)c2)cc1. The van der Waals surface area contributed by atoms with Crippen LogP contribution in [-0.2, 0) is 6.54 Å². The molecule has 0 bridgehead atoms. The van der Waals surface area contributed by atoms with Gasteiger partial charge in [-0.15, -0.1) is 0 Å². The molecule has 0 N–H and O–H groups in total. The Labute approximate surface area is 199 Å². The van der Waals surface area contributed by atoms with Crippen molar-refractivity contribution >= 4 is 34.1 Å². The molecule has 5 heteroatoms.